The van der Waals surface area contributed by atoms with Crippen LogP contribution in [0.3, 0.4) is 0 Å². The molecule has 0 aromatic carbocycles. The van der Waals surface area contributed by atoms with Gasteiger partial charge in [0.25, 0.3) is 0 Å². The van der Waals surface area contributed by atoms with Gasteiger partial charge in [-0.1, -0.05) is 0 Å². The van der Waals surface area contributed by atoms with E-state index in [-0.39, 0.29) is 18.0 Å². The van der Waals surface area contributed by atoms with Gasteiger partial charge in [-0.2, -0.15) is 5.26 Å². The maximum absolute atomic E-state index is 11.9. The first-order valence-electron chi connectivity index (χ1n) is 6.18. The normalized spacial score (nSPS) is 28.1. The number of hydrogen-bond donors (Lipinski definition) is 1. The number of likely N-dealkylation sites (tertiary alicyclic amines) is 1. The van der Waals surface area contributed by atoms with E-state index in [1.807, 2.05) is 11.8 Å². The summed E-state index contributed by atoms with van der Waals surface area (Å²) in [5.74, 6) is 0.0876. The van der Waals surface area contributed by atoms with Gasteiger partial charge in [-0.15, -0.1) is 0 Å². The van der Waals surface area contributed by atoms with E-state index in [2.05, 4.69) is 11.4 Å². The van der Waals surface area contributed by atoms with E-state index in [4.69, 9.17) is 5.26 Å². The molecule has 1 amide bonds. The van der Waals surface area contributed by atoms with E-state index >= 15 is 0 Å². The maximum Gasteiger partial charge on any atom is 0.237 e. The number of amides is 1. The van der Waals surface area contributed by atoms with Crippen molar-refractivity contribution < 1.29 is 4.79 Å². The fourth-order valence-corrected chi connectivity index (χ4v) is 2.26. The highest BCUT2D eigenvalue weighted by Crippen LogP contribution is 2.22. The molecular formula is C12H19N3O. The van der Waals surface area contributed by atoms with Crippen molar-refractivity contribution in [1.29, 1.82) is 5.26 Å². The van der Waals surface area contributed by atoms with Crippen LogP contribution in [0, 0.1) is 11.3 Å². The zero-order valence-corrected chi connectivity index (χ0v) is 9.78. The molecule has 88 valence electrons. The first kappa shape index (κ1) is 11.4. The zero-order chi connectivity index (χ0) is 11.5. The Morgan fingerprint density at radius 2 is 2.19 bits per heavy atom. The summed E-state index contributed by atoms with van der Waals surface area (Å²) < 4.78 is 0. The van der Waals surface area contributed by atoms with Gasteiger partial charge in [0.15, 0.2) is 0 Å². The number of carbonyl (C=O) groups is 1. The van der Waals surface area contributed by atoms with E-state index in [1.54, 1.807) is 0 Å². The van der Waals surface area contributed by atoms with Crippen LogP contribution in [0.2, 0.25) is 0 Å². The number of rotatable bonds is 3. The van der Waals surface area contributed by atoms with Crippen LogP contribution < -0.4 is 5.32 Å². The average molecular weight is 221 g/mol. The summed E-state index contributed by atoms with van der Waals surface area (Å²) in [5.41, 5.74) is 0. The Morgan fingerprint density at radius 3 is 2.81 bits per heavy atom. The summed E-state index contributed by atoms with van der Waals surface area (Å²) in [6.45, 7) is 2.78. The Hall–Kier alpha value is -1.08. The molecule has 1 saturated heterocycles. The quantitative estimate of drug-likeness (QED) is 0.774. The van der Waals surface area contributed by atoms with E-state index in [0.29, 0.717) is 6.04 Å². The van der Waals surface area contributed by atoms with Crippen molar-refractivity contribution in [1.82, 2.24) is 10.2 Å². The molecule has 0 bridgehead atoms. The summed E-state index contributed by atoms with van der Waals surface area (Å²) in [7, 11) is 0. The lowest BCUT2D eigenvalue weighted by atomic mass is 10.0. The highest BCUT2D eigenvalue weighted by molar-refractivity contribution is 5.82. The fourth-order valence-electron chi connectivity index (χ4n) is 2.26. The highest BCUT2D eigenvalue weighted by Gasteiger charge is 2.32. The molecular weight excluding hydrogens is 202 g/mol. The van der Waals surface area contributed by atoms with Crippen LogP contribution in [0.1, 0.15) is 39.0 Å². The molecule has 1 aliphatic heterocycles. The average Bonchev–Trinajstić information content (AvgIpc) is 3.11. The lowest BCUT2D eigenvalue weighted by Gasteiger charge is -2.35. The summed E-state index contributed by atoms with van der Waals surface area (Å²) in [5, 5.41) is 12.1. The zero-order valence-electron chi connectivity index (χ0n) is 9.78. The number of nitriles is 1. The van der Waals surface area contributed by atoms with Crippen LogP contribution in [-0.4, -0.2) is 35.5 Å². The van der Waals surface area contributed by atoms with Crippen molar-refractivity contribution in [3.05, 3.63) is 0 Å². The Morgan fingerprint density at radius 1 is 1.44 bits per heavy atom. The molecule has 2 aliphatic rings. The molecule has 2 unspecified atom stereocenters. The Labute approximate surface area is 96.6 Å². The van der Waals surface area contributed by atoms with Crippen LogP contribution in [0.25, 0.3) is 0 Å². The number of hydrogen-bond acceptors (Lipinski definition) is 3. The van der Waals surface area contributed by atoms with Crippen LogP contribution >= 0.6 is 0 Å². The van der Waals surface area contributed by atoms with Gasteiger partial charge >= 0.3 is 0 Å². The molecule has 4 heteroatoms. The lowest BCUT2D eigenvalue weighted by molar-refractivity contribution is -0.127. The number of carbonyl (C=O) groups excluding carboxylic acids is 1. The van der Waals surface area contributed by atoms with Crippen molar-refractivity contribution in [2.24, 2.45) is 0 Å². The van der Waals surface area contributed by atoms with Gasteiger partial charge in [0.05, 0.1) is 18.2 Å². The second-order valence-corrected chi connectivity index (χ2v) is 4.84. The van der Waals surface area contributed by atoms with E-state index in [9.17, 15) is 4.79 Å². The standard InChI is InChI=1S/C12H19N3O/c1-9(12(16)14-10-5-6-10)15-7-3-2-4-11(15)8-13/h9-11H,2-7H2,1H3,(H,14,16). The second-order valence-electron chi connectivity index (χ2n) is 4.84. The molecule has 0 spiro atoms. The fraction of sp³-hybridized carbons (Fsp3) is 0.833. The predicted molar refractivity (Wildman–Crippen MR) is 60.6 cm³/mol. The van der Waals surface area contributed by atoms with Crippen LogP contribution in [0.15, 0.2) is 0 Å². The highest BCUT2D eigenvalue weighted by atomic mass is 16.2. The van der Waals surface area contributed by atoms with E-state index < -0.39 is 0 Å². The summed E-state index contributed by atoms with van der Waals surface area (Å²) in [6.07, 6.45) is 5.32. The second kappa shape index (κ2) is 4.84. The van der Waals surface area contributed by atoms with Crippen molar-refractivity contribution in [2.45, 2.75) is 57.2 Å². The Balaban J connectivity index is 1.92. The molecule has 0 aromatic heterocycles. The summed E-state index contributed by atoms with van der Waals surface area (Å²) in [6, 6.07) is 2.47. The first-order chi connectivity index (χ1) is 7.72. The predicted octanol–water partition coefficient (Wildman–Crippen LogP) is 1.03. The minimum absolute atomic E-state index is 0.0753. The third kappa shape index (κ3) is 2.53. The monoisotopic (exact) mass is 221 g/mol. The third-order valence-electron chi connectivity index (χ3n) is 3.49. The van der Waals surface area contributed by atoms with Gasteiger partial charge in [-0.05, 0) is 39.0 Å². The van der Waals surface area contributed by atoms with Crippen LogP contribution in [0.4, 0.5) is 0 Å². The molecule has 0 aromatic rings. The molecule has 4 nitrogen and oxygen atoms in total. The Bertz CT molecular complexity index is 306. The summed E-state index contributed by atoms with van der Waals surface area (Å²) in [4.78, 5) is 13.9. The first-order valence-corrected chi connectivity index (χ1v) is 6.18. The van der Waals surface area contributed by atoms with Crippen molar-refractivity contribution in [3.63, 3.8) is 0 Å². The van der Waals surface area contributed by atoms with Gasteiger partial charge in [0.2, 0.25) is 5.91 Å². The topological polar surface area (TPSA) is 56.1 Å². The number of nitrogens with one attached hydrogen (secondary N) is 1. The minimum atomic E-state index is -0.162. The molecule has 0 radical (unpaired) electrons. The molecule has 16 heavy (non-hydrogen) atoms. The molecule has 1 N–H and O–H groups in total. The molecule has 1 aliphatic carbocycles. The third-order valence-corrected chi connectivity index (χ3v) is 3.49. The van der Waals surface area contributed by atoms with Gasteiger partial charge < -0.3 is 5.32 Å². The van der Waals surface area contributed by atoms with Crippen LogP contribution in [-0.2, 0) is 4.79 Å². The Kier molecular flexibility index (Phi) is 3.45. The smallest absolute Gasteiger partial charge is 0.237 e. The SMILES string of the molecule is CC(C(=O)NC1CC1)N1CCCCC1C#N. The lowest BCUT2D eigenvalue weighted by Crippen LogP contribution is -2.51. The molecule has 2 atom stereocenters. The molecule has 2 fully saturated rings. The van der Waals surface area contributed by atoms with Gasteiger partial charge in [0, 0.05) is 12.6 Å². The van der Waals surface area contributed by atoms with Gasteiger partial charge in [-0.25, -0.2) is 0 Å². The molecule has 2 rings (SSSR count). The number of nitrogens with zero attached hydrogens (tertiary/aromatic N) is 2. The van der Waals surface area contributed by atoms with Crippen molar-refractivity contribution in [2.75, 3.05) is 6.54 Å². The summed E-state index contributed by atoms with van der Waals surface area (Å²) >= 11 is 0. The van der Waals surface area contributed by atoms with E-state index in [1.165, 1.54) is 0 Å². The van der Waals surface area contributed by atoms with E-state index in [0.717, 1.165) is 38.6 Å². The van der Waals surface area contributed by atoms with Crippen molar-refractivity contribution in [3.8, 4) is 6.07 Å². The molecule has 1 heterocycles. The largest absolute Gasteiger partial charge is 0.352 e. The maximum atomic E-state index is 11.9. The van der Waals surface area contributed by atoms with Crippen molar-refractivity contribution >= 4 is 5.91 Å². The number of piperidine rings is 1. The molecule has 1 saturated carbocycles. The van der Waals surface area contributed by atoms with Gasteiger partial charge in [0.1, 0.15) is 0 Å². The van der Waals surface area contributed by atoms with Gasteiger partial charge in [-0.3, -0.25) is 9.69 Å². The van der Waals surface area contributed by atoms with Crippen LogP contribution in [0.5, 0.6) is 0 Å². The minimum Gasteiger partial charge on any atom is -0.352 e.